The molecular weight excluding hydrogens is 272 g/mol. The third kappa shape index (κ3) is 6.96. The fourth-order valence-corrected chi connectivity index (χ4v) is 1.42. The van der Waals surface area contributed by atoms with Crippen molar-refractivity contribution in [1.82, 2.24) is 0 Å². The molecule has 1 aromatic carbocycles. The molecule has 0 aliphatic rings. The fourth-order valence-electron chi connectivity index (χ4n) is 1.42. The zero-order valence-electron chi connectivity index (χ0n) is 11.7. The first-order chi connectivity index (χ1) is 10.2. The van der Waals surface area contributed by atoms with Gasteiger partial charge < -0.3 is 14.2 Å². The van der Waals surface area contributed by atoms with Crippen LogP contribution in [0.1, 0.15) is 12.0 Å². The first-order valence-electron chi connectivity index (χ1n) is 6.46. The van der Waals surface area contributed by atoms with Crippen LogP contribution in [-0.2, 0) is 25.7 Å². The highest BCUT2D eigenvalue weighted by Crippen LogP contribution is 2.14. The molecule has 0 aromatic heterocycles. The summed E-state index contributed by atoms with van der Waals surface area (Å²) in [6.07, 6.45) is 2.81. The van der Waals surface area contributed by atoms with Gasteiger partial charge in [0.15, 0.2) is 0 Å². The quantitative estimate of drug-likeness (QED) is 0.397. The van der Waals surface area contributed by atoms with Gasteiger partial charge >= 0.3 is 11.9 Å². The molecule has 0 atom stereocenters. The van der Waals surface area contributed by atoms with Gasteiger partial charge in [0.05, 0.1) is 13.2 Å². The van der Waals surface area contributed by atoms with Gasteiger partial charge in [0, 0.05) is 18.6 Å². The molecule has 5 nitrogen and oxygen atoms in total. The zero-order chi connectivity index (χ0) is 15.5. The number of ether oxygens (including phenoxy) is 3. The summed E-state index contributed by atoms with van der Waals surface area (Å²) in [4.78, 5) is 21.8. The van der Waals surface area contributed by atoms with Crippen LogP contribution in [0, 0.1) is 0 Å². The molecule has 0 aliphatic carbocycles. The van der Waals surface area contributed by atoms with Crippen molar-refractivity contribution in [2.75, 3.05) is 13.2 Å². The van der Waals surface area contributed by atoms with E-state index in [1.165, 1.54) is 0 Å². The number of carbonyl (C=O) groups is 2. The monoisotopic (exact) mass is 290 g/mol. The summed E-state index contributed by atoms with van der Waals surface area (Å²) in [5.41, 5.74) is 0.820. The van der Waals surface area contributed by atoms with E-state index < -0.39 is 11.9 Å². The average molecular weight is 290 g/mol. The van der Waals surface area contributed by atoms with Gasteiger partial charge in [0.25, 0.3) is 0 Å². The molecule has 0 radical (unpaired) electrons. The molecule has 0 saturated carbocycles. The van der Waals surface area contributed by atoms with Gasteiger partial charge in [0.2, 0.25) is 0 Å². The fraction of sp³-hybridized carbons (Fsp3) is 0.250. The standard InChI is InChI=1S/C16H18O5/c1-3-15(17)20-10-6-9-19-14-8-5-7-13(11-14)12-21-16(18)4-2/h3-5,7-8,11H,1-2,6,9-10,12H2. The summed E-state index contributed by atoms with van der Waals surface area (Å²) in [6, 6.07) is 7.22. The SMILES string of the molecule is C=CC(=O)OCCCOc1cccc(COC(=O)C=C)c1. The number of benzene rings is 1. The van der Waals surface area contributed by atoms with Crippen molar-refractivity contribution in [1.29, 1.82) is 0 Å². The van der Waals surface area contributed by atoms with Crippen LogP contribution in [0.2, 0.25) is 0 Å². The Bertz CT molecular complexity index is 507. The van der Waals surface area contributed by atoms with Crippen LogP contribution in [0.3, 0.4) is 0 Å². The summed E-state index contributed by atoms with van der Waals surface area (Å²) >= 11 is 0. The Labute approximate surface area is 123 Å². The molecule has 21 heavy (non-hydrogen) atoms. The molecule has 1 aromatic rings. The van der Waals surface area contributed by atoms with Gasteiger partial charge in [-0.1, -0.05) is 25.3 Å². The highest BCUT2D eigenvalue weighted by Gasteiger charge is 2.01. The van der Waals surface area contributed by atoms with Crippen LogP contribution >= 0.6 is 0 Å². The third-order valence-electron chi connectivity index (χ3n) is 2.41. The molecule has 0 N–H and O–H groups in total. The first kappa shape index (κ1) is 16.5. The van der Waals surface area contributed by atoms with Crippen LogP contribution in [0.4, 0.5) is 0 Å². The molecular formula is C16H18O5. The van der Waals surface area contributed by atoms with E-state index in [1.807, 2.05) is 12.1 Å². The molecule has 0 aliphatic heterocycles. The lowest BCUT2D eigenvalue weighted by molar-refractivity contribution is -0.139. The lowest BCUT2D eigenvalue weighted by Gasteiger charge is -2.08. The predicted molar refractivity (Wildman–Crippen MR) is 77.7 cm³/mol. The van der Waals surface area contributed by atoms with Crippen molar-refractivity contribution in [3.63, 3.8) is 0 Å². The Kier molecular flexibility index (Phi) is 7.35. The third-order valence-corrected chi connectivity index (χ3v) is 2.41. The molecule has 0 saturated heterocycles. The van der Waals surface area contributed by atoms with E-state index >= 15 is 0 Å². The summed E-state index contributed by atoms with van der Waals surface area (Å²) in [5.74, 6) is -0.247. The van der Waals surface area contributed by atoms with Gasteiger partial charge in [-0.3, -0.25) is 0 Å². The molecule has 0 fully saturated rings. The van der Waals surface area contributed by atoms with Crippen LogP contribution < -0.4 is 4.74 Å². The Morgan fingerprint density at radius 1 is 1.05 bits per heavy atom. The Morgan fingerprint density at radius 3 is 2.48 bits per heavy atom. The van der Waals surface area contributed by atoms with Crippen molar-refractivity contribution < 1.29 is 23.8 Å². The molecule has 5 heteroatoms. The van der Waals surface area contributed by atoms with E-state index in [1.54, 1.807) is 12.1 Å². The van der Waals surface area contributed by atoms with E-state index in [-0.39, 0.29) is 13.2 Å². The predicted octanol–water partition coefficient (Wildman–Crippen LogP) is 2.41. The molecule has 0 heterocycles. The maximum atomic E-state index is 11.0. The van der Waals surface area contributed by atoms with E-state index in [0.29, 0.717) is 18.8 Å². The van der Waals surface area contributed by atoms with Gasteiger partial charge in [-0.05, 0) is 17.7 Å². The number of hydrogen-bond acceptors (Lipinski definition) is 5. The molecule has 0 spiro atoms. The maximum Gasteiger partial charge on any atom is 0.330 e. The Balaban J connectivity index is 2.32. The number of rotatable bonds is 9. The normalized spacial score (nSPS) is 9.52. The second-order valence-corrected chi connectivity index (χ2v) is 4.03. The van der Waals surface area contributed by atoms with Crippen molar-refractivity contribution >= 4 is 11.9 Å². The topological polar surface area (TPSA) is 61.8 Å². The van der Waals surface area contributed by atoms with Gasteiger partial charge in [-0.15, -0.1) is 0 Å². The Morgan fingerprint density at radius 2 is 1.76 bits per heavy atom. The number of esters is 2. The van der Waals surface area contributed by atoms with E-state index in [0.717, 1.165) is 17.7 Å². The van der Waals surface area contributed by atoms with Crippen LogP contribution in [0.5, 0.6) is 5.75 Å². The molecule has 0 bridgehead atoms. The number of carbonyl (C=O) groups excluding carboxylic acids is 2. The van der Waals surface area contributed by atoms with E-state index in [9.17, 15) is 9.59 Å². The average Bonchev–Trinajstić information content (AvgIpc) is 2.52. The van der Waals surface area contributed by atoms with Crippen molar-refractivity contribution in [3.8, 4) is 5.75 Å². The minimum Gasteiger partial charge on any atom is -0.493 e. The minimum atomic E-state index is -0.467. The van der Waals surface area contributed by atoms with Crippen molar-refractivity contribution in [3.05, 3.63) is 55.1 Å². The molecule has 1 rings (SSSR count). The molecule has 112 valence electrons. The largest absolute Gasteiger partial charge is 0.493 e. The lowest BCUT2D eigenvalue weighted by Crippen LogP contribution is -2.06. The summed E-state index contributed by atoms with van der Waals surface area (Å²) < 4.78 is 15.3. The van der Waals surface area contributed by atoms with Gasteiger partial charge in [-0.2, -0.15) is 0 Å². The smallest absolute Gasteiger partial charge is 0.330 e. The summed E-state index contributed by atoms with van der Waals surface area (Å²) in [7, 11) is 0. The Hall–Kier alpha value is -2.56. The first-order valence-corrected chi connectivity index (χ1v) is 6.46. The summed E-state index contributed by atoms with van der Waals surface area (Å²) in [5, 5.41) is 0. The zero-order valence-corrected chi connectivity index (χ0v) is 11.7. The minimum absolute atomic E-state index is 0.166. The van der Waals surface area contributed by atoms with E-state index in [4.69, 9.17) is 14.2 Å². The molecule has 0 amide bonds. The number of hydrogen-bond donors (Lipinski definition) is 0. The van der Waals surface area contributed by atoms with Crippen molar-refractivity contribution in [2.45, 2.75) is 13.0 Å². The summed E-state index contributed by atoms with van der Waals surface area (Å²) in [6.45, 7) is 7.49. The highest BCUT2D eigenvalue weighted by molar-refractivity contribution is 5.81. The highest BCUT2D eigenvalue weighted by atomic mass is 16.5. The lowest BCUT2D eigenvalue weighted by atomic mass is 10.2. The van der Waals surface area contributed by atoms with Gasteiger partial charge in [-0.25, -0.2) is 9.59 Å². The second-order valence-electron chi connectivity index (χ2n) is 4.03. The van der Waals surface area contributed by atoms with E-state index in [2.05, 4.69) is 13.2 Å². The van der Waals surface area contributed by atoms with Crippen LogP contribution in [-0.4, -0.2) is 25.2 Å². The van der Waals surface area contributed by atoms with Crippen LogP contribution in [0.25, 0.3) is 0 Å². The van der Waals surface area contributed by atoms with Crippen molar-refractivity contribution in [2.24, 2.45) is 0 Å². The van der Waals surface area contributed by atoms with Gasteiger partial charge in [0.1, 0.15) is 12.4 Å². The molecule has 0 unspecified atom stereocenters. The van der Waals surface area contributed by atoms with Crippen LogP contribution in [0.15, 0.2) is 49.6 Å². The second kappa shape index (κ2) is 9.36. The maximum absolute atomic E-state index is 11.0.